The molecule has 1 aliphatic heterocycles. The maximum absolute atomic E-state index is 11.2. The van der Waals surface area contributed by atoms with Crippen molar-refractivity contribution in [1.82, 2.24) is 15.5 Å². The van der Waals surface area contributed by atoms with Crippen LogP contribution in [-0.4, -0.2) is 56.4 Å². The van der Waals surface area contributed by atoms with Gasteiger partial charge in [0, 0.05) is 32.2 Å². The van der Waals surface area contributed by atoms with Crippen molar-refractivity contribution >= 4 is 6.09 Å². The van der Waals surface area contributed by atoms with Crippen LogP contribution < -0.4 is 10.6 Å². The van der Waals surface area contributed by atoms with Crippen LogP contribution in [0.25, 0.3) is 0 Å². The lowest BCUT2D eigenvalue weighted by Crippen LogP contribution is -2.43. The van der Waals surface area contributed by atoms with E-state index in [9.17, 15) is 4.79 Å². The number of rotatable bonds is 3. The molecule has 1 fully saturated rings. The number of alkyl carbamates (subject to hydrolysis) is 1. The monoisotopic (exact) mass is 319 g/mol. The summed E-state index contributed by atoms with van der Waals surface area (Å²) in [5, 5.41) is 6.17. The van der Waals surface area contributed by atoms with Gasteiger partial charge in [0.1, 0.15) is 0 Å². The minimum atomic E-state index is -0.310. The number of carbonyl (C=O) groups excluding carboxylic acids is 1. The molecular weight excluding hydrogens is 290 g/mol. The molecule has 1 aromatic rings. The van der Waals surface area contributed by atoms with Gasteiger partial charge in [-0.3, -0.25) is 0 Å². The fourth-order valence-electron chi connectivity index (χ4n) is 3.03. The van der Waals surface area contributed by atoms with E-state index in [0.717, 1.165) is 12.8 Å². The first-order valence-electron chi connectivity index (χ1n) is 8.66. The number of hydrogen-bond donors (Lipinski definition) is 2. The molecule has 2 N–H and O–H groups in total. The molecule has 0 atom stereocenters. The Morgan fingerprint density at radius 1 is 1.22 bits per heavy atom. The Bertz CT molecular complexity index is 462. The third-order valence-corrected chi connectivity index (χ3v) is 4.31. The molecule has 1 saturated heterocycles. The van der Waals surface area contributed by atoms with Crippen LogP contribution in [0.1, 0.15) is 25.0 Å². The first-order chi connectivity index (χ1) is 11.2. The highest BCUT2D eigenvalue weighted by Gasteiger charge is 2.22. The highest BCUT2D eigenvalue weighted by Crippen LogP contribution is 2.21. The number of hydrogen-bond acceptors (Lipinski definition) is 4. The smallest absolute Gasteiger partial charge is 0.407 e. The summed E-state index contributed by atoms with van der Waals surface area (Å²) in [6.45, 7) is 10.5. The van der Waals surface area contributed by atoms with Crippen molar-refractivity contribution in [3.63, 3.8) is 0 Å². The second-order valence-electron chi connectivity index (χ2n) is 5.92. The normalized spacial score (nSPS) is 17.8. The van der Waals surface area contributed by atoms with Crippen molar-refractivity contribution in [2.45, 2.75) is 32.7 Å². The summed E-state index contributed by atoms with van der Waals surface area (Å²) in [4.78, 5) is 13.7. The predicted molar refractivity (Wildman–Crippen MR) is 92.8 cm³/mol. The molecule has 0 aromatic heterocycles. The van der Waals surface area contributed by atoms with Gasteiger partial charge in [-0.2, -0.15) is 0 Å². The fraction of sp³-hybridized carbons (Fsp3) is 0.611. The summed E-state index contributed by atoms with van der Waals surface area (Å²) >= 11 is 0. The third kappa shape index (κ3) is 5.84. The van der Waals surface area contributed by atoms with Gasteiger partial charge in [0.2, 0.25) is 0 Å². The zero-order valence-electron chi connectivity index (χ0n) is 14.3. The maximum Gasteiger partial charge on any atom is 0.407 e. The second kappa shape index (κ2) is 9.53. The van der Waals surface area contributed by atoms with Gasteiger partial charge in [0.15, 0.2) is 0 Å². The van der Waals surface area contributed by atoms with Crippen molar-refractivity contribution in [2.75, 3.05) is 39.3 Å². The van der Waals surface area contributed by atoms with Crippen LogP contribution in [-0.2, 0) is 17.6 Å². The second-order valence-corrected chi connectivity index (χ2v) is 5.92. The van der Waals surface area contributed by atoms with E-state index in [1.54, 1.807) is 0 Å². The van der Waals surface area contributed by atoms with Crippen LogP contribution in [0.5, 0.6) is 0 Å². The van der Waals surface area contributed by atoms with Crippen molar-refractivity contribution in [1.29, 1.82) is 0 Å². The summed E-state index contributed by atoms with van der Waals surface area (Å²) in [5.74, 6) is 0. The molecule has 0 spiro atoms. The quantitative estimate of drug-likeness (QED) is 0.892. The van der Waals surface area contributed by atoms with E-state index in [1.807, 2.05) is 19.1 Å². The zero-order valence-corrected chi connectivity index (χ0v) is 14.3. The summed E-state index contributed by atoms with van der Waals surface area (Å²) in [5.41, 5.74) is 2.67. The Hall–Kier alpha value is -1.59. The Labute approximate surface area is 139 Å². The minimum absolute atomic E-state index is 0.196. The van der Waals surface area contributed by atoms with Gasteiger partial charge in [-0.15, -0.1) is 0 Å². The first-order valence-corrected chi connectivity index (χ1v) is 8.66. The maximum atomic E-state index is 11.2. The topological polar surface area (TPSA) is 53.6 Å². The molecule has 1 aliphatic carbocycles. The summed E-state index contributed by atoms with van der Waals surface area (Å²) in [6.07, 6.45) is 1.51. The highest BCUT2D eigenvalue weighted by atomic mass is 16.5. The zero-order chi connectivity index (χ0) is 16.5. The Kier molecular flexibility index (Phi) is 7.36. The average Bonchev–Trinajstić information content (AvgIpc) is 2.98. The van der Waals surface area contributed by atoms with E-state index in [1.165, 1.54) is 43.9 Å². The van der Waals surface area contributed by atoms with Crippen LogP contribution in [0, 0.1) is 0 Å². The molecule has 5 heteroatoms. The Balaban J connectivity index is 0.000000203. The van der Waals surface area contributed by atoms with Gasteiger partial charge >= 0.3 is 6.09 Å². The number of piperazine rings is 1. The van der Waals surface area contributed by atoms with Gasteiger partial charge < -0.3 is 20.3 Å². The molecule has 0 saturated carbocycles. The lowest BCUT2D eigenvalue weighted by Gasteiger charge is -2.25. The predicted octanol–water partition coefficient (Wildman–Crippen LogP) is 1.81. The minimum Gasteiger partial charge on any atom is -0.450 e. The van der Waals surface area contributed by atoms with Crippen molar-refractivity contribution < 1.29 is 9.53 Å². The number of nitrogens with one attached hydrogen (secondary N) is 2. The Morgan fingerprint density at radius 3 is 2.30 bits per heavy atom. The molecule has 1 aromatic carbocycles. The van der Waals surface area contributed by atoms with E-state index in [4.69, 9.17) is 4.74 Å². The molecule has 128 valence electrons. The van der Waals surface area contributed by atoms with Crippen LogP contribution in [0.2, 0.25) is 0 Å². The average molecular weight is 319 g/mol. The molecule has 5 nitrogen and oxygen atoms in total. The van der Waals surface area contributed by atoms with E-state index in [0.29, 0.717) is 6.61 Å². The SMILES string of the molecule is CCN1CCNCC1.CCOC(=O)NC1Cc2ccccc2C1. The van der Waals surface area contributed by atoms with E-state index in [2.05, 4.69) is 34.6 Å². The molecule has 1 heterocycles. The summed E-state index contributed by atoms with van der Waals surface area (Å²) < 4.78 is 4.85. The number of amides is 1. The van der Waals surface area contributed by atoms with Gasteiger partial charge in [0.25, 0.3) is 0 Å². The first kappa shape index (κ1) is 17.8. The van der Waals surface area contributed by atoms with Crippen LogP contribution in [0.4, 0.5) is 4.79 Å². The van der Waals surface area contributed by atoms with Crippen LogP contribution in [0.3, 0.4) is 0 Å². The lowest BCUT2D eigenvalue weighted by molar-refractivity contribution is 0.148. The van der Waals surface area contributed by atoms with Crippen LogP contribution in [0.15, 0.2) is 24.3 Å². The highest BCUT2D eigenvalue weighted by molar-refractivity contribution is 5.67. The van der Waals surface area contributed by atoms with Crippen molar-refractivity contribution in [3.8, 4) is 0 Å². The van der Waals surface area contributed by atoms with Gasteiger partial charge in [-0.1, -0.05) is 31.2 Å². The number of likely N-dealkylation sites (N-methyl/N-ethyl adjacent to an activating group) is 1. The van der Waals surface area contributed by atoms with Crippen molar-refractivity contribution in [2.24, 2.45) is 0 Å². The molecule has 3 rings (SSSR count). The van der Waals surface area contributed by atoms with E-state index >= 15 is 0 Å². The molecule has 0 radical (unpaired) electrons. The molecule has 2 aliphatic rings. The number of carbonyl (C=O) groups is 1. The van der Waals surface area contributed by atoms with E-state index < -0.39 is 0 Å². The molecule has 1 amide bonds. The third-order valence-electron chi connectivity index (χ3n) is 4.31. The largest absolute Gasteiger partial charge is 0.450 e. The van der Waals surface area contributed by atoms with Crippen LogP contribution >= 0.6 is 0 Å². The number of ether oxygens (including phenoxy) is 1. The number of benzene rings is 1. The summed E-state index contributed by atoms with van der Waals surface area (Å²) in [6, 6.07) is 8.49. The van der Waals surface area contributed by atoms with Gasteiger partial charge in [-0.25, -0.2) is 4.79 Å². The van der Waals surface area contributed by atoms with Gasteiger partial charge in [0.05, 0.1) is 6.61 Å². The Morgan fingerprint density at radius 2 is 1.83 bits per heavy atom. The number of fused-ring (bicyclic) bond motifs is 1. The lowest BCUT2D eigenvalue weighted by atomic mass is 10.1. The number of nitrogens with zero attached hydrogens (tertiary/aromatic N) is 1. The molecule has 0 bridgehead atoms. The standard InChI is InChI=1S/C12H15NO2.C6H14N2/c1-2-15-12(14)13-11-7-9-5-3-4-6-10(9)8-11;1-2-8-5-3-7-4-6-8/h3-6,11H,2,7-8H2,1H3,(H,13,14);7H,2-6H2,1H3. The molecule has 23 heavy (non-hydrogen) atoms. The van der Waals surface area contributed by atoms with Crippen molar-refractivity contribution in [3.05, 3.63) is 35.4 Å². The summed E-state index contributed by atoms with van der Waals surface area (Å²) in [7, 11) is 0. The van der Waals surface area contributed by atoms with Gasteiger partial charge in [-0.05, 0) is 37.4 Å². The molecule has 0 unspecified atom stereocenters. The fourth-order valence-corrected chi connectivity index (χ4v) is 3.03. The van der Waals surface area contributed by atoms with E-state index in [-0.39, 0.29) is 12.1 Å². The molecular formula is C18H29N3O2.